The van der Waals surface area contributed by atoms with E-state index in [2.05, 4.69) is 55.9 Å². The van der Waals surface area contributed by atoms with Crippen LogP contribution in [-0.2, 0) is 29.1 Å². The van der Waals surface area contributed by atoms with Crippen molar-refractivity contribution in [3.8, 4) is 0 Å². The lowest BCUT2D eigenvalue weighted by molar-refractivity contribution is -0.0592. The van der Waals surface area contributed by atoms with Crippen LogP contribution in [0.5, 0.6) is 0 Å². The minimum atomic E-state index is -0.341. The van der Waals surface area contributed by atoms with Crippen molar-refractivity contribution in [3.05, 3.63) is 83.8 Å². The number of fused-ring (bicyclic) bond motifs is 2. The van der Waals surface area contributed by atoms with Gasteiger partial charge in [0.25, 0.3) is 0 Å². The number of pyridine rings is 1. The summed E-state index contributed by atoms with van der Waals surface area (Å²) < 4.78 is 14.9. The summed E-state index contributed by atoms with van der Waals surface area (Å²) in [6, 6.07) is 20.2. The smallest absolute Gasteiger partial charge is 0.337 e. The fourth-order valence-corrected chi connectivity index (χ4v) is 5.70. The van der Waals surface area contributed by atoms with Crippen molar-refractivity contribution in [2.75, 3.05) is 44.8 Å². The Morgan fingerprint density at radius 3 is 2.59 bits per heavy atom. The van der Waals surface area contributed by atoms with Gasteiger partial charge in [-0.2, -0.15) is 5.10 Å². The molecule has 10 heteroatoms. The van der Waals surface area contributed by atoms with Crippen LogP contribution in [0.15, 0.2) is 66.9 Å². The first-order chi connectivity index (χ1) is 20.1. The third-order valence-electron chi connectivity index (χ3n) is 8.14. The van der Waals surface area contributed by atoms with Crippen molar-refractivity contribution in [1.82, 2.24) is 29.2 Å². The molecule has 2 aliphatic heterocycles. The summed E-state index contributed by atoms with van der Waals surface area (Å²) in [6.07, 6.45) is 3.11. The molecule has 10 nitrogen and oxygen atoms in total. The molecular formula is C31H33N7O3. The van der Waals surface area contributed by atoms with Gasteiger partial charge < -0.3 is 18.9 Å². The first kappa shape index (κ1) is 25.7. The Morgan fingerprint density at radius 1 is 1.00 bits per heavy atom. The second-order valence-electron chi connectivity index (χ2n) is 10.7. The average Bonchev–Trinajstić information content (AvgIpc) is 3.55. The number of imidazole rings is 1. The molecule has 2 saturated heterocycles. The second kappa shape index (κ2) is 10.9. The predicted octanol–water partition coefficient (Wildman–Crippen LogP) is 3.73. The molecule has 5 aromatic rings. The molecule has 2 fully saturated rings. The SMILES string of the molecule is COC(=O)c1ccc2nc(CN3CCN(c4ccc5cnn(Cc6ccccc6)c5n4)CC3)n(C[C@@H]3CCO3)c2c1. The minimum absolute atomic E-state index is 0.182. The number of piperazine rings is 1. The van der Waals surface area contributed by atoms with E-state index in [1.165, 1.54) is 12.7 Å². The molecule has 2 aromatic carbocycles. The van der Waals surface area contributed by atoms with Crippen molar-refractivity contribution in [2.24, 2.45) is 0 Å². The zero-order valence-electron chi connectivity index (χ0n) is 23.1. The van der Waals surface area contributed by atoms with Gasteiger partial charge in [-0.15, -0.1) is 0 Å². The van der Waals surface area contributed by atoms with Gasteiger partial charge in [-0.05, 0) is 42.3 Å². The summed E-state index contributed by atoms with van der Waals surface area (Å²) in [5.74, 6) is 1.64. The Hall–Kier alpha value is -4.28. The Balaban J connectivity index is 1.07. The van der Waals surface area contributed by atoms with Crippen molar-refractivity contribution < 1.29 is 14.3 Å². The van der Waals surface area contributed by atoms with Gasteiger partial charge in [0.2, 0.25) is 0 Å². The summed E-state index contributed by atoms with van der Waals surface area (Å²) in [5, 5.41) is 5.65. The maximum Gasteiger partial charge on any atom is 0.337 e. The fraction of sp³-hybridized carbons (Fsp3) is 0.355. The van der Waals surface area contributed by atoms with E-state index in [-0.39, 0.29) is 12.1 Å². The average molecular weight is 552 g/mol. The molecule has 0 saturated carbocycles. The quantitative estimate of drug-likeness (QED) is 0.270. The highest BCUT2D eigenvalue weighted by molar-refractivity contribution is 5.93. The number of hydrogen-bond donors (Lipinski definition) is 0. The van der Waals surface area contributed by atoms with E-state index in [1.807, 2.05) is 29.1 Å². The lowest BCUT2D eigenvalue weighted by atomic mass is 10.1. The van der Waals surface area contributed by atoms with E-state index >= 15 is 0 Å². The van der Waals surface area contributed by atoms with Crippen LogP contribution in [0.4, 0.5) is 5.82 Å². The number of methoxy groups -OCH3 is 1. The van der Waals surface area contributed by atoms with E-state index < -0.39 is 0 Å². The molecule has 3 aromatic heterocycles. The standard InChI is InChI=1S/C31H33N7O3/c1-40-31(39)23-7-9-26-27(17-23)37(20-25-11-16-41-25)29(33-26)21-35-12-14-36(15-13-35)28-10-8-24-18-32-38(30(24)34-28)19-22-5-3-2-4-6-22/h2-10,17-18,25H,11-16,19-21H2,1H3/t25-/m0/s1. The zero-order valence-corrected chi connectivity index (χ0v) is 23.1. The van der Waals surface area contributed by atoms with Crippen molar-refractivity contribution in [3.63, 3.8) is 0 Å². The van der Waals surface area contributed by atoms with Crippen LogP contribution in [-0.4, -0.2) is 81.2 Å². The van der Waals surface area contributed by atoms with Gasteiger partial charge in [0.05, 0.1) is 55.6 Å². The zero-order chi connectivity index (χ0) is 27.8. The van der Waals surface area contributed by atoms with E-state index in [0.717, 1.165) is 86.0 Å². The van der Waals surface area contributed by atoms with E-state index in [1.54, 1.807) is 6.07 Å². The summed E-state index contributed by atoms with van der Waals surface area (Å²) in [6.45, 7) is 6.53. The number of nitrogens with zero attached hydrogens (tertiary/aromatic N) is 7. The molecular weight excluding hydrogens is 518 g/mol. The topological polar surface area (TPSA) is 90.5 Å². The van der Waals surface area contributed by atoms with E-state index in [9.17, 15) is 4.79 Å². The number of benzene rings is 2. The molecule has 210 valence electrons. The normalized spacial score (nSPS) is 17.7. The molecule has 0 aliphatic carbocycles. The molecule has 0 bridgehead atoms. The summed E-state index contributed by atoms with van der Waals surface area (Å²) >= 11 is 0. The van der Waals surface area contributed by atoms with Gasteiger partial charge >= 0.3 is 5.97 Å². The lowest BCUT2D eigenvalue weighted by Gasteiger charge is -2.35. The maximum absolute atomic E-state index is 12.2. The van der Waals surface area contributed by atoms with Crippen molar-refractivity contribution in [1.29, 1.82) is 0 Å². The predicted molar refractivity (Wildman–Crippen MR) is 156 cm³/mol. The second-order valence-corrected chi connectivity index (χ2v) is 10.7. The Bertz CT molecular complexity index is 1680. The molecule has 1 atom stereocenters. The number of aromatic nitrogens is 5. The van der Waals surface area contributed by atoms with E-state index in [0.29, 0.717) is 12.1 Å². The number of carbonyl (C=O) groups is 1. The first-order valence-corrected chi connectivity index (χ1v) is 14.2. The maximum atomic E-state index is 12.2. The van der Waals surface area contributed by atoms with Gasteiger partial charge in [-0.1, -0.05) is 30.3 Å². The number of esters is 1. The highest BCUT2D eigenvalue weighted by Gasteiger charge is 2.25. The van der Waals surface area contributed by atoms with Gasteiger partial charge in [-0.25, -0.2) is 19.4 Å². The number of anilines is 1. The molecule has 5 heterocycles. The van der Waals surface area contributed by atoms with Crippen LogP contribution >= 0.6 is 0 Å². The van der Waals surface area contributed by atoms with E-state index in [4.69, 9.17) is 19.4 Å². The largest absolute Gasteiger partial charge is 0.465 e. The molecule has 0 radical (unpaired) electrons. The first-order valence-electron chi connectivity index (χ1n) is 14.2. The van der Waals surface area contributed by atoms with Crippen LogP contribution in [0.2, 0.25) is 0 Å². The van der Waals surface area contributed by atoms with Crippen LogP contribution in [0.3, 0.4) is 0 Å². The lowest BCUT2D eigenvalue weighted by Crippen LogP contribution is -2.46. The third kappa shape index (κ3) is 5.16. The molecule has 7 rings (SSSR count). The Kier molecular flexibility index (Phi) is 6.85. The molecule has 2 aliphatic rings. The van der Waals surface area contributed by atoms with Crippen LogP contribution in [0.1, 0.15) is 28.2 Å². The number of ether oxygens (including phenoxy) is 2. The molecule has 41 heavy (non-hydrogen) atoms. The molecule has 0 N–H and O–H groups in total. The van der Waals surface area contributed by atoms with Crippen molar-refractivity contribution in [2.45, 2.75) is 32.2 Å². The highest BCUT2D eigenvalue weighted by atomic mass is 16.5. The Morgan fingerprint density at radius 2 is 1.83 bits per heavy atom. The van der Waals surface area contributed by atoms with Crippen LogP contribution < -0.4 is 4.90 Å². The Labute approximate surface area is 238 Å². The van der Waals surface area contributed by atoms with Gasteiger partial charge in [0.15, 0.2) is 5.65 Å². The molecule has 0 amide bonds. The van der Waals surface area contributed by atoms with Gasteiger partial charge in [0.1, 0.15) is 11.6 Å². The van der Waals surface area contributed by atoms with Gasteiger partial charge in [0, 0.05) is 38.2 Å². The molecule has 0 unspecified atom stereocenters. The summed E-state index contributed by atoms with van der Waals surface area (Å²) in [5.41, 5.74) is 4.48. The summed E-state index contributed by atoms with van der Waals surface area (Å²) in [7, 11) is 1.41. The number of rotatable bonds is 8. The summed E-state index contributed by atoms with van der Waals surface area (Å²) in [4.78, 5) is 27.0. The van der Waals surface area contributed by atoms with Gasteiger partial charge in [-0.3, -0.25) is 4.90 Å². The van der Waals surface area contributed by atoms with Crippen LogP contribution in [0, 0.1) is 0 Å². The minimum Gasteiger partial charge on any atom is -0.465 e. The molecule has 0 spiro atoms. The fourth-order valence-electron chi connectivity index (χ4n) is 5.70. The monoisotopic (exact) mass is 551 g/mol. The van der Waals surface area contributed by atoms with Crippen molar-refractivity contribution >= 4 is 33.9 Å². The highest BCUT2D eigenvalue weighted by Crippen LogP contribution is 2.25. The van der Waals surface area contributed by atoms with Crippen LogP contribution in [0.25, 0.3) is 22.1 Å². The number of carbonyl (C=O) groups excluding carboxylic acids is 1. The third-order valence-corrected chi connectivity index (χ3v) is 8.14. The number of hydrogen-bond acceptors (Lipinski definition) is 8.